The van der Waals surface area contributed by atoms with E-state index in [-0.39, 0.29) is 33.9 Å². The molecular weight excluding hydrogens is 435 g/mol. The van der Waals surface area contributed by atoms with Crippen LogP contribution >= 0.6 is 26.1 Å². The van der Waals surface area contributed by atoms with Crippen molar-refractivity contribution in [1.29, 1.82) is 0 Å². The van der Waals surface area contributed by atoms with Gasteiger partial charge in [-0.15, -0.1) is 0 Å². The summed E-state index contributed by atoms with van der Waals surface area (Å²) in [5.74, 6) is 0.849. The van der Waals surface area contributed by atoms with Crippen LogP contribution in [-0.2, 0) is 33.7 Å². The van der Waals surface area contributed by atoms with Crippen molar-refractivity contribution >= 4 is 34.9 Å². The summed E-state index contributed by atoms with van der Waals surface area (Å²) >= 11 is 4.19. The van der Waals surface area contributed by atoms with Crippen molar-refractivity contribution in [2.24, 2.45) is 0 Å². The summed E-state index contributed by atoms with van der Waals surface area (Å²) in [6.45, 7) is 7.87. The van der Waals surface area contributed by atoms with Crippen LogP contribution in [0.3, 0.4) is 0 Å². The minimum absolute atomic E-state index is 0. The maximum Gasteiger partial charge on any atom is 0.500 e. The molecule has 0 fully saturated rings. The molecule has 0 saturated heterocycles. The molecule has 0 unspecified atom stereocenters. The third kappa shape index (κ3) is 9.49. The first-order chi connectivity index (χ1) is 6.74. The molecule has 16 heavy (non-hydrogen) atoms. The van der Waals surface area contributed by atoms with Gasteiger partial charge in [0.25, 0.3) is 0 Å². The van der Waals surface area contributed by atoms with E-state index in [0.29, 0.717) is 19.8 Å². The maximum absolute atomic E-state index is 5.67. The zero-order valence-corrected chi connectivity index (χ0v) is 15.9. The van der Waals surface area contributed by atoms with Crippen molar-refractivity contribution in [3.8, 4) is 0 Å². The Labute approximate surface area is 127 Å². The standard InChI is InChI=1S/C9H22O3SSi.Re.H2S/c1-4-10-14(11-5-2,12-6-3)9-7-8-13;;/h13H,4-9H2,1-3H3;;1H2. The predicted octanol–water partition coefficient (Wildman–Crippen LogP) is 2.47. The van der Waals surface area contributed by atoms with Crippen LogP contribution in [0.15, 0.2) is 0 Å². The van der Waals surface area contributed by atoms with E-state index in [2.05, 4.69) is 12.6 Å². The zero-order chi connectivity index (χ0) is 10.9. The number of hydrogen-bond donors (Lipinski definition) is 1. The molecule has 0 saturated carbocycles. The monoisotopic (exact) mass is 459 g/mol. The number of thiol groups is 1. The molecule has 0 amide bonds. The fourth-order valence-electron chi connectivity index (χ4n) is 1.30. The van der Waals surface area contributed by atoms with E-state index in [9.17, 15) is 0 Å². The zero-order valence-electron chi connectivity index (χ0n) is 10.3. The summed E-state index contributed by atoms with van der Waals surface area (Å²) in [7, 11) is -2.37. The molecule has 0 aliphatic rings. The summed E-state index contributed by atoms with van der Waals surface area (Å²) in [6, 6.07) is 0.867. The fourth-order valence-corrected chi connectivity index (χ4v) is 4.36. The molecule has 0 spiro atoms. The van der Waals surface area contributed by atoms with Gasteiger partial charge in [0.2, 0.25) is 0 Å². The van der Waals surface area contributed by atoms with Crippen LogP contribution in [-0.4, -0.2) is 34.4 Å². The van der Waals surface area contributed by atoms with Gasteiger partial charge in [-0.2, -0.15) is 26.1 Å². The second-order valence-electron chi connectivity index (χ2n) is 2.81. The van der Waals surface area contributed by atoms with Crippen molar-refractivity contribution in [1.82, 2.24) is 0 Å². The third-order valence-corrected chi connectivity index (χ3v) is 5.20. The fraction of sp³-hybridized carbons (Fsp3) is 1.00. The summed E-state index contributed by atoms with van der Waals surface area (Å²) in [5.41, 5.74) is 0. The van der Waals surface area contributed by atoms with Gasteiger partial charge in [0.05, 0.1) is 0 Å². The Morgan fingerprint density at radius 2 is 1.31 bits per heavy atom. The summed E-state index contributed by atoms with van der Waals surface area (Å²) in [6.07, 6.45) is 0.981. The molecule has 0 aliphatic carbocycles. The molecule has 0 aromatic heterocycles. The van der Waals surface area contributed by atoms with Crippen molar-refractivity contribution in [2.45, 2.75) is 33.2 Å². The molecule has 0 N–H and O–H groups in total. The van der Waals surface area contributed by atoms with Crippen LogP contribution in [0.25, 0.3) is 0 Å². The topological polar surface area (TPSA) is 27.7 Å². The Balaban J connectivity index is -0.000000845. The molecule has 0 aromatic rings. The van der Waals surface area contributed by atoms with Gasteiger partial charge in [-0.1, -0.05) is 0 Å². The third-order valence-electron chi connectivity index (χ3n) is 1.73. The van der Waals surface area contributed by atoms with E-state index in [1.807, 2.05) is 20.8 Å². The molecule has 0 aliphatic heterocycles. The summed E-state index contributed by atoms with van der Waals surface area (Å²) < 4.78 is 17.0. The van der Waals surface area contributed by atoms with Gasteiger partial charge >= 0.3 is 8.80 Å². The number of rotatable bonds is 9. The molecule has 3 nitrogen and oxygen atoms in total. The summed E-state index contributed by atoms with van der Waals surface area (Å²) in [5, 5.41) is 0. The van der Waals surface area contributed by atoms with Gasteiger partial charge in [-0.25, -0.2) is 0 Å². The Morgan fingerprint density at radius 3 is 1.56 bits per heavy atom. The molecule has 0 rings (SSSR count). The van der Waals surface area contributed by atoms with Crippen molar-refractivity contribution in [3.63, 3.8) is 0 Å². The largest absolute Gasteiger partial charge is 0.500 e. The second kappa shape index (κ2) is 14.5. The Kier molecular flexibility index (Phi) is 20.5. The first-order valence-electron chi connectivity index (χ1n) is 5.27. The van der Waals surface area contributed by atoms with E-state index in [1.165, 1.54) is 0 Å². The van der Waals surface area contributed by atoms with Crippen molar-refractivity contribution in [2.75, 3.05) is 25.6 Å². The minimum atomic E-state index is -2.37. The maximum atomic E-state index is 5.67. The Hall–Kier alpha value is 1.46. The van der Waals surface area contributed by atoms with Crippen LogP contribution in [0, 0.1) is 0 Å². The van der Waals surface area contributed by atoms with Crippen LogP contribution in [0.2, 0.25) is 6.04 Å². The normalized spacial score (nSPS) is 10.5. The van der Waals surface area contributed by atoms with Crippen LogP contribution in [0.1, 0.15) is 27.2 Å². The van der Waals surface area contributed by atoms with Gasteiger partial charge in [-0.05, 0) is 32.9 Å². The van der Waals surface area contributed by atoms with Crippen molar-refractivity contribution < 1.29 is 33.7 Å². The van der Waals surface area contributed by atoms with Crippen LogP contribution in [0.4, 0.5) is 0 Å². The average molecular weight is 459 g/mol. The van der Waals surface area contributed by atoms with E-state index in [1.54, 1.807) is 0 Å². The first-order valence-corrected chi connectivity index (χ1v) is 7.83. The van der Waals surface area contributed by atoms with Gasteiger partial charge in [0.1, 0.15) is 0 Å². The molecule has 101 valence electrons. The van der Waals surface area contributed by atoms with Gasteiger partial charge in [0.15, 0.2) is 0 Å². The van der Waals surface area contributed by atoms with Crippen LogP contribution in [0.5, 0.6) is 0 Å². The van der Waals surface area contributed by atoms with Crippen LogP contribution < -0.4 is 0 Å². The van der Waals surface area contributed by atoms with E-state index in [0.717, 1.165) is 18.2 Å². The molecule has 7 heteroatoms. The van der Waals surface area contributed by atoms with E-state index < -0.39 is 8.80 Å². The Bertz CT molecular complexity index is 127. The second-order valence-corrected chi connectivity index (χ2v) is 5.99. The molecule has 1 radical (unpaired) electrons. The predicted molar refractivity (Wildman–Crippen MR) is 74.3 cm³/mol. The molecule has 0 aromatic carbocycles. The quantitative estimate of drug-likeness (QED) is 0.425. The minimum Gasteiger partial charge on any atom is -0.374 e. The SMILES string of the molecule is CCO[Si](CCCS)(OCC)OCC.S.[Re]. The smallest absolute Gasteiger partial charge is 0.374 e. The first kappa shape index (κ1) is 22.6. The van der Waals surface area contributed by atoms with E-state index >= 15 is 0 Å². The van der Waals surface area contributed by atoms with Gasteiger partial charge in [0, 0.05) is 46.3 Å². The number of hydrogen-bond acceptors (Lipinski definition) is 4. The summed E-state index contributed by atoms with van der Waals surface area (Å²) in [4.78, 5) is 0. The molecule has 0 bridgehead atoms. The van der Waals surface area contributed by atoms with Crippen molar-refractivity contribution in [3.05, 3.63) is 0 Å². The van der Waals surface area contributed by atoms with E-state index in [4.69, 9.17) is 13.3 Å². The van der Waals surface area contributed by atoms with Gasteiger partial charge in [-0.3, -0.25) is 0 Å². The molecule has 0 atom stereocenters. The molecule has 0 heterocycles. The average Bonchev–Trinajstić information content (AvgIpc) is 2.16. The molecular formula is C9H24O3ReS2Si. The Morgan fingerprint density at radius 1 is 0.938 bits per heavy atom. The van der Waals surface area contributed by atoms with Gasteiger partial charge < -0.3 is 13.3 Å².